The van der Waals surface area contributed by atoms with Gasteiger partial charge in [0.2, 0.25) is 0 Å². The summed E-state index contributed by atoms with van der Waals surface area (Å²) in [7, 11) is 1.68. The number of methoxy groups -OCH3 is 1. The highest BCUT2D eigenvalue weighted by atomic mass is 32.2. The maximum atomic E-state index is 12.6. The first-order valence-electron chi connectivity index (χ1n) is 7.66. The van der Waals surface area contributed by atoms with Crippen LogP contribution in [0.15, 0.2) is 17.6 Å². The first-order valence-corrected chi connectivity index (χ1v) is 8.65. The van der Waals surface area contributed by atoms with Gasteiger partial charge in [0.25, 0.3) is 0 Å². The summed E-state index contributed by atoms with van der Waals surface area (Å²) in [5.41, 5.74) is 2.86. The summed E-state index contributed by atoms with van der Waals surface area (Å²) >= 11 is 1.43. The van der Waals surface area contributed by atoms with Crippen molar-refractivity contribution < 1.29 is 9.53 Å². The van der Waals surface area contributed by atoms with Gasteiger partial charge in [-0.2, -0.15) is 0 Å². The molecule has 0 aliphatic rings. The molecule has 2 rings (SSSR count). The lowest BCUT2D eigenvalue weighted by Crippen LogP contribution is -2.10. The van der Waals surface area contributed by atoms with Crippen LogP contribution in [-0.2, 0) is 11.3 Å². The molecule has 0 saturated heterocycles. The summed E-state index contributed by atoms with van der Waals surface area (Å²) < 4.78 is 9.22. The smallest absolute Gasteiger partial charge is 0.191 e. The minimum absolute atomic E-state index is 0.116. The van der Waals surface area contributed by atoms with Crippen LogP contribution in [0.1, 0.15) is 41.6 Å². The normalized spacial score (nSPS) is 11.4. The second kappa shape index (κ2) is 7.79. The maximum absolute atomic E-state index is 12.6. The van der Waals surface area contributed by atoms with Gasteiger partial charge in [-0.3, -0.25) is 4.79 Å². The Morgan fingerprint density at radius 1 is 1.39 bits per heavy atom. The van der Waals surface area contributed by atoms with Crippen LogP contribution in [0.2, 0.25) is 0 Å². The van der Waals surface area contributed by atoms with Gasteiger partial charge >= 0.3 is 0 Å². The largest absolute Gasteiger partial charge is 0.383 e. The number of ether oxygens (including phenoxy) is 1. The predicted molar refractivity (Wildman–Crippen MR) is 91.2 cm³/mol. The van der Waals surface area contributed by atoms with Crippen molar-refractivity contribution in [2.75, 3.05) is 19.5 Å². The Bertz CT molecular complexity index is 676. The maximum Gasteiger partial charge on any atom is 0.191 e. The number of Topliss-reactive ketones (excluding diaryl/α,β-unsaturated/α-hetero) is 1. The number of aryl methyl sites for hydroxylation is 1. The lowest BCUT2D eigenvalue weighted by atomic mass is 10.2. The summed E-state index contributed by atoms with van der Waals surface area (Å²) in [6, 6.07) is 2.24. The summed E-state index contributed by atoms with van der Waals surface area (Å²) in [5, 5.41) is 8.80. The number of ketones is 1. The van der Waals surface area contributed by atoms with Crippen molar-refractivity contribution >= 4 is 17.5 Å². The van der Waals surface area contributed by atoms with E-state index >= 15 is 0 Å². The Morgan fingerprint density at radius 3 is 2.78 bits per heavy atom. The number of carbonyl (C=O) groups is 1. The Balaban J connectivity index is 2.08. The highest BCUT2D eigenvalue weighted by Gasteiger charge is 2.17. The van der Waals surface area contributed by atoms with Crippen LogP contribution in [0.25, 0.3) is 0 Å². The van der Waals surface area contributed by atoms with E-state index in [1.165, 1.54) is 11.8 Å². The first-order chi connectivity index (χ1) is 11.0. The van der Waals surface area contributed by atoms with Crippen molar-refractivity contribution in [3.63, 3.8) is 0 Å². The quantitative estimate of drug-likeness (QED) is 0.548. The van der Waals surface area contributed by atoms with E-state index in [1.807, 2.05) is 24.5 Å². The number of aromatic nitrogens is 4. The molecule has 6 nitrogen and oxygen atoms in total. The molecule has 2 heterocycles. The van der Waals surface area contributed by atoms with Gasteiger partial charge in [-0.15, -0.1) is 10.2 Å². The molecule has 0 radical (unpaired) electrons. The highest BCUT2D eigenvalue weighted by molar-refractivity contribution is 7.99. The topological polar surface area (TPSA) is 61.9 Å². The fraction of sp³-hybridized carbons (Fsp3) is 0.562. The van der Waals surface area contributed by atoms with Gasteiger partial charge in [0.05, 0.1) is 12.4 Å². The molecular formula is C16H24N4O2S. The average molecular weight is 336 g/mol. The van der Waals surface area contributed by atoms with Crippen LogP contribution >= 0.6 is 11.8 Å². The second-order valence-electron chi connectivity index (χ2n) is 5.76. The van der Waals surface area contributed by atoms with Crippen LogP contribution in [-0.4, -0.2) is 44.6 Å². The lowest BCUT2D eigenvalue weighted by Gasteiger charge is -2.10. The van der Waals surface area contributed by atoms with Gasteiger partial charge in [-0.1, -0.05) is 11.8 Å². The molecule has 0 aromatic carbocycles. The minimum atomic E-state index is 0.116. The van der Waals surface area contributed by atoms with Crippen molar-refractivity contribution in [3.05, 3.63) is 29.3 Å². The van der Waals surface area contributed by atoms with Gasteiger partial charge in [-0.05, 0) is 33.8 Å². The minimum Gasteiger partial charge on any atom is -0.383 e. The van der Waals surface area contributed by atoms with E-state index in [4.69, 9.17) is 4.74 Å². The van der Waals surface area contributed by atoms with Crippen LogP contribution < -0.4 is 0 Å². The Kier molecular flexibility index (Phi) is 6.01. The molecule has 0 aliphatic heterocycles. The van der Waals surface area contributed by atoms with Crippen LogP contribution in [0.4, 0.5) is 0 Å². The SMILES string of the molecule is COCCn1c(C)cc(C(=O)CSc2nncn2C(C)C)c1C. The van der Waals surface area contributed by atoms with Gasteiger partial charge in [0, 0.05) is 36.6 Å². The third-order valence-electron chi connectivity index (χ3n) is 3.82. The average Bonchev–Trinajstić information content (AvgIpc) is 3.08. The Hall–Kier alpha value is -1.60. The molecule has 0 saturated carbocycles. The van der Waals surface area contributed by atoms with Gasteiger partial charge in [-0.25, -0.2) is 0 Å². The number of carbonyl (C=O) groups excluding carboxylic acids is 1. The summed E-state index contributed by atoms with van der Waals surface area (Å²) in [6.45, 7) is 9.53. The fourth-order valence-electron chi connectivity index (χ4n) is 2.51. The van der Waals surface area contributed by atoms with E-state index in [1.54, 1.807) is 13.4 Å². The molecule has 0 amide bonds. The van der Waals surface area contributed by atoms with Crippen molar-refractivity contribution in [3.8, 4) is 0 Å². The molecule has 0 fully saturated rings. The van der Waals surface area contributed by atoms with Crippen molar-refractivity contribution in [1.29, 1.82) is 0 Å². The van der Waals surface area contributed by atoms with E-state index in [-0.39, 0.29) is 11.8 Å². The van der Waals surface area contributed by atoms with Gasteiger partial charge in [0.1, 0.15) is 6.33 Å². The molecule has 0 unspecified atom stereocenters. The molecule has 0 N–H and O–H groups in total. The molecule has 0 atom stereocenters. The van der Waals surface area contributed by atoms with Crippen LogP contribution in [0, 0.1) is 13.8 Å². The van der Waals surface area contributed by atoms with Crippen LogP contribution in [0.3, 0.4) is 0 Å². The van der Waals surface area contributed by atoms with Gasteiger partial charge in [0.15, 0.2) is 10.9 Å². The van der Waals surface area contributed by atoms with E-state index in [2.05, 4.69) is 28.6 Å². The number of hydrogen-bond acceptors (Lipinski definition) is 5. The molecule has 0 spiro atoms. The summed E-state index contributed by atoms with van der Waals surface area (Å²) in [4.78, 5) is 12.6. The Morgan fingerprint density at radius 2 is 2.13 bits per heavy atom. The molecule has 2 aromatic rings. The van der Waals surface area contributed by atoms with E-state index in [9.17, 15) is 4.79 Å². The van der Waals surface area contributed by atoms with E-state index in [0.717, 1.165) is 28.7 Å². The zero-order chi connectivity index (χ0) is 17.0. The van der Waals surface area contributed by atoms with Crippen molar-refractivity contribution in [2.24, 2.45) is 0 Å². The zero-order valence-electron chi connectivity index (χ0n) is 14.4. The van der Waals surface area contributed by atoms with E-state index in [0.29, 0.717) is 12.4 Å². The van der Waals surface area contributed by atoms with Gasteiger partial charge < -0.3 is 13.9 Å². The molecule has 2 aromatic heterocycles. The molecule has 0 bridgehead atoms. The number of nitrogens with zero attached hydrogens (tertiary/aromatic N) is 4. The number of rotatable bonds is 8. The molecular weight excluding hydrogens is 312 g/mol. The number of hydrogen-bond donors (Lipinski definition) is 0. The fourth-order valence-corrected chi connectivity index (χ4v) is 3.44. The zero-order valence-corrected chi connectivity index (χ0v) is 15.2. The standard InChI is InChI=1S/C16H24N4O2S/c1-11(2)20-10-17-18-16(20)23-9-15(21)14-8-12(3)19(13(14)4)6-7-22-5/h8,10-11H,6-7,9H2,1-5H3. The number of thioether (sulfide) groups is 1. The lowest BCUT2D eigenvalue weighted by molar-refractivity contribution is 0.102. The monoisotopic (exact) mass is 336 g/mol. The van der Waals surface area contributed by atoms with Crippen LogP contribution in [0.5, 0.6) is 0 Å². The summed E-state index contributed by atoms with van der Waals surface area (Å²) in [5.74, 6) is 0.477. The van der Waals surface area contributed by atoms with Crippen molar-refractivity contribution in [1.82, 2.24) is 19.3 Å². The molecule has 23 heavy (non-hydrogen) atoms. The summed E-state index contributed by atoms with van der Waals surface area (Å²) in [6.07, 6.45) is 1.70. The van der Waals surface area contributed by atoms with Crippen molar-refractivity contribution in [2.45, 2.75) is 45.4 Å². The second-order valence-corrected chi connectivity index (χ2v) is 6.70. The first kappa shape index (κ1) is 17.7. The van der Waals surface area contributed by atoms with E-state index < -0.39 is 0 Å². The third kappa shape index (κ3) is 4.03. The molecule has 0 aliphatic carbocycles. The molecule has 7 heteroatoms. The predicted octanol–water partition coefficient (Wildman–Crippen LogP) is 2.90. The Labute approximate surface area is 141 Å². The highest BCUT2D eigenvalue weighted by Crippen LogP contribution is 2.22. The molecule has 126 valence electrons. The third-order valence-corrected chi connectivity index (χ3v) is 4.78.